The number of hydrogen-bond acceptors (Lipinski definition) is 3. The SMILES string of the molecule is CC/C=C\C/C=C\C/C=C\C/C=C\CCCCCCCCCCCCCCCCCCCCCCC(=O)NC(CO)C(O)/C=C/CC/C=C/CC/C=C/CCCCCCCCCCCCC. The Balaban J connectivity index is 3.52. The molecule has 382 valence electrons. The van der Waals surface area contributed by atoms with E-state index < -0.39 is 12.1 Å². The van der Waals surface area contributed by atoms with Crippen molar-refractivity contribution in [1.82, 2.24) is 5.32 Å². The van der Waals surface area contributed by atoms with E-state index in [9.17, 15) is 15.0 Å². The predicted molar refractivity (Wildman–Crippen MR) is 294 cm³/mol. The van der Waals surface area contributed by atoms with Gasteiger partial charge in [0, 0.05) is 6.42 Å². The second kappa shape index (κ2) is 56.9. The molecule has 0 aliphatic carbocycles. The molecule has 0 aliphatic rings. The minimum absolute atomic E-state index is 0.0762. The zero-order chi connectivity index (χ0) is 47.7. The third-order valence-corrected chi connectivity index (χ3v) is 12.8. The second-order valence-corrected chi connectivity index (χ2v) is 19.3. The molecule has 0 saturated carbocycles. The van der Waals surface area contributed by atoms with Crippen LogP contribution in [0.3, 0.4) is 0 Å². The van der Waals surface area contributed by atoms with Crippen molar-refractivity contribution in [2.75, 3.05) is 6.61 Å². The first-order valence-corrected chi connectivity index (χ1v) is 28.8. The normalized spacial score (nSPS) is 13.5. The van der Waals surface area contributed by atoms with E-state index >= 15 is 0 Å². The van der Waals surface area contributed by atoms with E-state index in [1.807, 2.05) is 6.08 Å². The Labute approximate surface area is 411 Å². The molecule has 2 unspecified atom stereocenters. The topological polar surface area (TPSA) is 69.6 Å². The lowest BCUT2D eigenvalue weighted by Crippen LogP contribution is -2.45. The van der Waals surface area contributed by atoms with Gasteiger partial charge in [-0.2, -0.15) is 0 Å². The maximum Gasteiger partial charge on any atom is 0.220 e. The van der Waals surface area contributed by atoms with Crippen LogP contribution in [0.4, 0.5) is 0 Å². The number of unbranched alkanes of at least 4 members (excludes halogenated alkanes) is 33. The summed E-state index contributed by atoms with van der Waals surface area (Å²) in [4.78, 5) is 12.5. The molecular formula is C62H111NO3. The summed E-state index contributed by atoms with van der Waals surface area (Å²) >= 11 is 0. The van der Waals surface area contributed by atoms with Gasteiger partial charge in [0.25, 0.3) is 0 Å². The fraction of sp³-hybridized carbons (Fsp3) is 0.758. The molecule has 0 fully saturated rings. The Morgan fingerprint density at radius 2 is 0.682 bits per heavy atom. The maximum atomic E-state index is 12.5. The monoisotopic (exact) mass is 918 g/mol. The van der Waals surface area contributed by atoms with Gasteiger partial charge in [0.05, 0.1) is 18.8 Å². The maximum absolute atomic E-state index is 12.5. The highest BCUT2D eigenvalue weighted by Crippen LogP contribution is 2.16. The first kappa shape index (κ1) is 63.6. The van der Waals surface area contributed by atoms with Gasteiger partial charge in [-0.1, -0.05) is 279 Å². The van der Waals surface area contributed by atoms with Crippen LogP contribution < -0.4 is 5.32 Å². The van der Waals surface area contributed by atoms with Crippen LogP contribution in [-0.4, -0.2) is 34.9 Å². The summed E-state index contributed by atoms with van der Waals surface area (Å²) in [6.07, 6.45) is 83.2. The Kier molecular flexibility index (Phi) is 54.8. The molecule has 0 heterocycles. The number of rotatable bonds is 52. The zero-order valence-electron chi connectivity index (χ0n) is 43.9. The molecule has 0 radical (unpaired) electrons. The molecule has 1 amide bonds. The Morgan fingerprint density at radius 3 is 1.06 bits per heavy atom. The van der Waals surface area contributed by atoms with E-state index in [-0.39, 0.29) is 12.5 Å². The van der Waals surface area contributed by atoms with Crippen LogP contribution in [0.2, 0.25) is 0 Å². The van der Waals surface area contributed by atoms with Gasteiger partial charge in [0.1, 0.15) is 0 Å². The molecule has 0 aromatic heterocycles. The highest BCUT2D eigenvalue weighted by Gasteiger charge is 2.18. The van der Waals surface area contributed by atoms with Gasteiger partial charge in [0.2, 0.25) is 5.91 Å². The molecule has 2 atom stereocenters. The van der Waals surface area contributed by atoms with Crippen molar-refractivity contribution >= 4 is 5.91 Å². The first-order valence-electron chi connectivity index (χ1n) is 28.8. The molecule has 3 N–H and O–H groups in total. The smallest absolute Gasteiger partial charge is 0.220 e. The number of nitrogens with one attached hydrogen (secondary N) is 1. The summed E-state index contributed by atoms with van der Waals surface area (Å²) in [7, 11) is 0. The van der Waals surface area contributed by atoms with E-state index in [2.05, 4.69) is 92.1 Å². The summed E-state index contributed by atoms with van der Waals surface area (Å²) < 4.78 is 0. The average molecular weight is 919 g/mol. The van der Waals surface area contributed by atoms with Crippen molar-refractivity contribution in [2.24, 2.45) is 0 Å². The molecule has 4 nitrogen and oxygen atoms in total. The van der Waals surface area contributed by atoms with Gasteiger partial charge in [-0.3, -0.25) is 4.79 Å². The molecule has 0 aromatic rings. The molecule has 66 heavy (non-hydrogen) atoms. The standard InChI is InChI=1S/C62H111NO3/c1-3-5-7-9-11-13-15-17-19-21-23-25-26-27-28-29-30-31-32-33-34-35-36-38-40-42-44-46-48-50-52-54-56-58-62(66)63-60(59-64)61(65)57-55-53-51-49-47-45-43-41-39-37-24-22-20-18-16-14-12-10-8-6-4-2/h5,7,11,13,17,19,23,25,39,41,47,49,55,57,60-61,64-65H,3-4,6,8-10,12,14-16,18,20-22,24,26-38,40,42-46,48,50-54,56,58-59H2,1-2H3,(H,63,66)/b7-5-,13-11-,19-17-,25-23-,41-39+,49-47+,57-55+. The number of aliphatic hydroxyl groups excluding tert-OH is 2. The summed E-state index contributed by atoms with van der Waals surface area (Å²) in [6, 6.07) is -0.648. The number of allylic oxidation sites excluding steroid dienone is 13. The van der Waals surface area contributed by atoms with Gasteiger partial charge in [-0.25, -0.2) is 0 Å². The van der Waals surface area contributed by atoms with E-state index in [0.29, 0.717) is 6.42 Å². The molecule has 0 aliphatic heterocycles. The lowest BCUT2D eigenvalue weighted by molar-refractivity contribution is -0.123. The molecule has 4 heteroatoms. The lowest BCUT2D eigenvalue weighted by atomic mass is 10.0. The minimum Gasteiger partial charge on any atom is -0.394 e. The molecule has 0 saturated heterocycles. The van der Waals surface area contributed by atoms with Gasteiger partial charge in [-0.05, 0) is 83.5 Å². The average Bonchev–Trinajstić information content (AvgIpc) is 3.32. The van der Waals surface area contributed by atoms with E-state index in [1.165, 1.54) is 199 Å². The van der Waals surface area contributed by atoms with Crippen LogP contribution in [0.1, 0.15) is 284 Å². The highest BCUT2D eigenvalue weighted by molar-refractivity contribution is 5.76. The van der Waals surface area contributed by atoms with Crippen LogP contribution in [0.15, 0.2) is 85.1 Å². The van der Waals surface area contributed by atoms with E-state index in [1.54, 1.807) is 6.08 Å². The number of carbonyl (C=O) groups excluding carboxylic acids is 1. The third-order valence-electron chi connectivity index (χ3n) is 12.8. The second-order valence-electron chi connectivity index (χ2n) is 19.3. The van der Waals surface area contributed by atoms with Gasteiger partial charge < -0.3 is 15.5 Å². The van der Waals surface area contributed by atoms with E-state index in [4.69, 9.17) is 0 Å². The molecule has 0 spiro atoms. The first-order chi connectivity index (χ1) is 32.7. The van der Waals surface area contributed by atoms with Crippen molar-refractivity contribution in [3.8, 4) is 0 Å². The fourth-order valence-corrected chi connectivity index (χ4v) is 8.50. The Bertz CT molecular complexity index is 1180. The van der Waals surface area contributed by atoms with Crippen molar-refractivity contribution in [1.29, 1.82) is 0 Å². The van der Waals surface area contributed by atoms with Crippen LogP contribution >= 0.6 is 0 Å². The summed E-state index contributed by atoms with van der Waals surface area (Å²) in [5, 5.41) is 23.1. The minimum atomic E-state index is -0.873. The van der Waals surface area contributed by atoms with Crippen LogP contribution in [0.25, 0.3) is 0 Å². The van der Waals surface area contributed by atoms with Crippen molar-refractivity contribution in [2.45, 2.75) is 296 Å². The molecular weight excluding hydrogens is 807 g/mol. The molecule has 0 rings (SSSR count). The predicted octanol–water partition coefficient (Wildman–Crippen LogP) is 19.1. The van der Waals surface area contributed by atoms with Crippen LogP contribution in [0.5, 0.6) is 0 Å². The van der Waals surface area contributed by atoms with Crippen LogP contribution in [0, 0.1) is 0 Å². The van der Waals surface area contributed by atoms with Gasteiger partial charge >= 0.3 is 0 Å². The Morgan fingerprint density at radius 1 is 0.379 bits per heavy atom. The van der Waals surface area contributed by atoms with E-state index in [0.717, 1.165) is 64.2 Å². The fourth-order valence-electron chi connectivity index (χ4n) is 8.50. The Hall–Kier alpha value is -2.43. The number of hydrogen-bond donors (Lipinski definition) is 3. The largest absolute Gasteiger partial charge is 0.394 e. The van der Waals surface area contributed by atoms with Crippen LogP contribution in [-0.2, 0) is 4.79 Å². The van der Waals surface area contributed by atoms with Crippen molar-refractivity contribution < 1.29 is 15.0 Å². The quantitative estimate of drug-likeness (QED) is 0.0421. The lowest BCUT2D eigenvalue weighted by Gasteiger charge is -2.19. The van der Waals surface area contributed by atoms with Gasteiger partial charge in [0.15, 0.2) is 0 Å². The van der Waals surface area contributed by atoms with Crippen molar-refractivity contribution in [3.05, 3.63) is 85.1 Å². The van der Waals surface area contributed by atoms with Gasteiger partial charge in [-0.15, -0.1) is 0 Å². The number of aliphatic hydroxyl groups is 2. The number of carbonyl (C=O) groups is 1. The summed E-state index contributed by atoms with van der Waals surface area (Å²) in [6.45, 7) is 4.20. The summed E-state index contributed by atoms with van der Waals surface area (Å²) in [5.41, 5.74) is 0. The summed E-state index contributed by atoms with van der Waals surface area (Å²) in [5.74, 6) is -0.0762. The number of amides is 1. The molecule has 0 aromatic carbocycles. The third kappa shape index (κ3) is 52.5. The van der Waals surface area contributed by atoms with Crippen molar-refractivity contribution in [3.63, 3.8) is 0 Å². The zero-order valence-corrected chi connectivity index (χ0v) is 43.9. The highest BCUT2D eigenvalue weighted by atomic mass is 16.3. The molecule has 0 bridgehead atoms.